The van der Waals surface area contributed by atoms with E-state index in [0.29, 0.717) is 19.8 Å². The zero-order chi connectivity index (χ0) is 33.6. The molecule has 3 aliphatic heterocycles. The molecule has 0 spiro atoms. The number of likely N-dealkylation sites (tertiary alicyclic amines) is 1. The highest BCUT2D eigenvalue weighted by Crippen LogP contribution is 2.21. The van der Waals surface area contributed by atoms with E-state index in [0.717, 1.165) is 25.6 Å². The molecule has 3 saturated heterocycles. The molecule has 1 unspecified atom stereocenters. The Morgan fingerprint density at radius 1 is 0.814 bits per heavy atom. The number of ether oxygens (including phenoxy) is 2. The van der Waals surface area contributed by atoms with Gasteiger partial charge >= 0.3 is 42.4 Å². The Morgan fingerprint density at radius 3 is 1.58 bits per heavy atom. The van der Waals surface area contributed by atoms with Crippen LogP contribution in [0.2, 0.25) is 0 Å². The Morgan fingerprint density at radius 2 is 1.23 bits per heavy atom. The normalized spacial score (nSPS) is 20.5. The summed E-state index contributed by atoms with van der Waals surface area (Å²) in [5.74, 6) is -7.54. The number of carbonyl (C=O) groups excluding carboxylic acids is 1. The summed E-state index contributed by atoms with van der Waals surface area (Å²) in [6, 6.07) is -0.124. The van der Waals surface area contributed by atoms with Crippen molar-refractivity contribution in [2.45, 2.75) is 49.9 Å². The first-order valence-electron chi connectivity index (χ1n) is 12.4. The Balaban J connectivity index is 0.000000690. The highest BCUT2D eigenvalue weighted by atomic mass is 19.4. The first-order valence-corrected chi connectivity index (χ1v) is 12.4. The largest absolute Gasteiger partial charge is 0.490 e. The van der Waals surface area contributed by atoms with Crippen molar-refractivity contribution in [2.24, 2.45) is 5.92 Å². The van der Waals surface area contributed by atoms with Crippen molar-refractivity contribution in [1.29, 1.82) is 0 Å². The molecule has 0 amide bonds. The average Bonchev–Trinajstić information content (AvgIpc) is 2.85. The van der Waals surface area contributed by atoms with Gasteiger partial charge in [-0.3, -0.25) is 9.69 Å². The molecule has 0 aromatic carbocycles. The van der Waals surface area contributed by atoms with Crippen LogP contribution in [0.4, 0.5) is 39.5 Å². The Kier molecular flexibility index (Phi) is 16.8. The predicted molar refractivity (Wildman–Crippen MR) is 125 cm³/mol. The number of piperidine rings is 1. The maximum Gasteiger partial charge on any atom is 0.490 e. The molecule has 0 radical (unpaired) electrons. The summed E-state index contributed by atoms with van der Waals surface area (Å²) in [5.41, 5.74) is 0. The van der Waals surface area contributed by atoms with Crippen LogP contribution in [0.25, 0.3) is 0 Å². The lowest BCUT2D eigenvalue weighted by Crippen LogP contribution is -2.57. The molecule has 3 aliphatic rings. The smallest absolute Gasteiger partial charge is 0.475 e. The van der Waals surface area contributed by atoms with E-state index in [1.807, 2.05) is 0 Å². The number of carboxylic acids is 3. The second-order valence-electron chi connectivity index (χ2n) is 9.30. The minimum atomic E-state index is -5.08. The van der Waals surface area contributed by atoms with Crippen LogP contribution in [0.5, 0.6) is 0 Å². The summed E-state index contributed by atoms with van der Waals surface area (Å²) in [4.78, 5) is 43.7. The third-order valence-corrected chi connectivity index (χ3v) is 5.91. The molecule has 0 aliphatic carbocycles. The standard InChI is InChI=1S/C16H29N3O3.3C2HF3O2/c1-18-6-2-13(3-7-18)4-8-19-9-5-17-10-15(19)16(20)22-14-11-21-12-14;3*3-2(4,5)1(6)7/h13-15,17H,2-12H2,1H3;3*(H,6,7). The van der Waals surface area contributed by atoms with Crippen LogP contribution in [-0.4, -0.2) is 139 Å². The minimum absolute atomic E-state index is 0.0230. The van der Waals surface area contributed by atoms with Crippen LogP contribution < -0.4 is 5.32 Å². The van der Waals surface area contributed by atoms with Gasteiger partial charge in [-0.1, -0.05) is 0 Å². The van der Waals surface area contributed by atoms with E-state index in [9.17, 15) is 44.3 Å². The maximum atomic E-state index is 12.3. The van der Waals surface area contributed by atoms with E-state index in [-0.39, 0.29) is 18.1 Å². The fourth-order valence-electron chi connectivity index (χ4n) is 3.47. The van der Waals surface area contributed by atoms with Gasteiger partial charge < -0.3 is 35.0 Å². The first-order chi connectivity index (χ1) is 19.6. The van der Waals surface area contributed by atoms with Gasteiger partial charge in [0.05, 0.1) is 13.2 Å². The Labute approximate surface area is 238 Å². The highest BCUT2D eigenvalue weighted by molar-refractivity contribution is 5.76. The molecule has 3 fully saturated rings. The van der Waals surface area contributed by atoms with Gasteiger partial charge in [0.1, 0.15) is 12.1 Å². The first kappa shape index (κ1) is 40.1. The van der Waals surface area contributed by atoms with Gasteiger partial charge in [0, 0.05) is 19.6 Å². The lowest BCUT2D eigenvalue weighted by Gasteiger charge is -2.37. The van der Waals surface area contributed by atoms with Gasteiger partial charge in [-0.15, -0.1) is 0 Å². The maximum absolute atomic E-state index is 12.3. The summed E-state index contributed by atoms with van der Waals surface area (Å²) in [5, 5.41) is 24.7. The fourth-order valence-corrected chi connectivity index (χ4v) is 3.47. The average molecular weight is 653 g/mol. The quantitative estimate of drug-likeness (QED) is 0.252. The number of carboxylic acid groups (broad SMARTS) is 3. The van der Waals surface area contributed by atoms with Gasteiger partial charge in [0.2, 0.25) is 0 Å². The number of hydrogen-bond acceptors (Lipinski definition) is 9. The summed E-state index contributed by atoms with van der Waals surface area (Å²) in [6.45, 7) is 7.15. The van der Waals surface area contributed by atoms with Gasteiger partial charge in [-0.25, -0.2) is 14.4 Å². The number of rotatable bonds is 5. The van der Waals surface area contributed by atoms with E-state index < -0.39 is 36.4 Å². The molecule has 43 heavy (non-hydrogen) atoms. The van der Waals surface area contributed by atoms with E-state index >= 15 is 0 Å². The van der Waals surface area contributed by atoms with E-state index in [2.05, 4.69) is 22.2 Å². The molecule has 0 saturated carbocycles. The zero-order valence-corrected chi connectivity index (χ0v) is 22.6. The van der Waals surface area contributed by atoms with Crippen molar-refractivity contribution in [1.82, 2.24) is 15.1 Å². The Bertz CT molecular complexity index is 833. The van der Waals surface area contributed by atoms with Crippen LogP contribution in [-0.2, 0) is 28.7 Å². The van der Waals surface area contributed by atoms with E-state index in [4.69, 9.17) is 39.2 Å². The zero-order valence-electron chi connectivity index (χ0n) is 22.6. The third-order valence-electron chi connectivity index (χ3n) is 5.91. The molecule has 0 bridgehead atoms. The van der Waals surface area contributed by atoms with Crippen molar-refractivity contribution in [3.8, 4) is 0 Å². The molecule has 252 valence electrons. The topological polar surface area (TPSA) is 166 Å². The highest BCUT2D eigenvalue weighted by Gasteiger charge is 2.39. The van der Waals surface area contributed by atoms with Crippen LogP contribution in [0.3, 0.4) is 0 Å². The van der Waals surface area contributed by atoms with Crippen molar-refractivity contribution in [3.05, 3.63) is 0 Å². The molecule has 0 aromatic heterocycles. The molecular formula is C22H32F9N3O9. The van der Waals surface area contributed by atoms with Crippen LogP contribution in [0.15, 0.2) is 0 Å². The van der Waals surface area contributed by atoms with Crippen LogP contribution >= 0.6 is 0 Å². The number of alkyl halides is 9. The number of hydrogen-bond donors (Lipinski definition) is 4. The number of carbonyl (C=O) groups is 4. The molecular weight excluding hydrogens is 621 g/mol. The number of nitrogens with zero attached hydrogens (tertiary/aromatic N) is 2. The van der Waals surface area contributed by atoms with Gasteiger partial charge in [0.15, 0.2) is 0 Å². The molecule has 3 heterocycles. The van der Waals surface area contributed by atoms with Gasteiger partial charge in [-0.05, 0) is 51.9 Å². The van der Waals surface area contributed by atoms with Crippen molar-refractivity contribution in [3.63, 3.8) is 0 Å². The third kappa shape index (κ3) is 17.7. The molecule has 0 aromatic rings. The minimum Gasteiger partial charge on any atom is -0.475 e. The number of nitrogens with one attached hydrogen (secondary N) is 1. The summed E-state index contributed by atoms with van der Waals surface area (Å²) in [6.07, 6.45) is -11.5. The fraction of sp³-hybridized carbons (Fsp3) is 0.818. The van der Waals surface area contributed by atoms with Gasteiger partial charge in [-0.2, -0.15) is 39.5 Å². The van der Waals surface area contributed by atoms with Crippen LogP contribution in [0.1, 0.15) is 19.3 Å². The molecule has 3 rings (SSSR count). The number of halogens is 9. The second-order valence-corrected chi connectivity index (χ2v) is 9.30. The summed E-state index contributed by atoms with van der Waals surface area (Å²) < 4.78 is 106. The molecule has 1 atom stereocenters. The van der Waals surface area contributed by atoms with Crippen molar-refractivity contribution < 1.29 is 83.5 Å². The number of piperazine rings is 1. The predicted octanol–water partition coefficient (Wildman–Crippen LogP) is 1.83. The molecule has 12 nitrogen and oxygen atoms in total. The monoisotopic (exact) mass is 653 g/mol. The van der Waals surface area contributed by atoms with Gasteiger partial charge in [0.25, 0.3) is 0 Å². The van der Waals surface area contributed by atoms with Crippen molar-refractivity contribution in [2.75, 3.05) is 59.5 Å². The summed E-state index contributed by atoms with van der Waals surface area (Å²) >= 11 is 0. The second kappa shape index (κ2) is 18.0. The SMILES string of the molecule is CN1CCC(CCN2CCNCC2C(=O)OC2COC2)CC1.O=C(O)C(F)(F)F.O=C(O)C(F)(F)F.O=C(O)C(F)(F)F. The van der Waals surface area contributed by atoms with Crippen LogP contribution in [0, 0.1) is 5.92 Å². The van der Waals surface area contributed by atoms with Crippen molar-refractivity contribution >= 4 is 23.9 Å². The van der Waals surface area contributed by atoms with E-state index in [1.165, 1.54) is 32.4 Å². The lowest BCUT2D eigenvalue weighted by molar-refractivity contribution is -0.193. The molecule has 21 heteroatoms. The Hall–Kier alpha value is -2.91. The number of aliphatic carboxylic acids is 3. The summed E-state index contributed by atoms with van der Waals surface area (Å²) in [7, 11) is 2.20. The molecule has 4 N–H and O–H groups in total. The van der Waals surface area contributed by atoms with E-state index in [1.54, 1.807) is 0 Å². The number of esters is 1. The lowest BCUT2D eigenvalue weighted by atomic mass is 9.93.